The van der Waals surface area contributed by atoms with Crippen molar-refractivity contribution in [3.63, 3.8) is 0 Å². The lowest BCUT2D eigenvalue weighted by molar-refractivity contribution is -0.149. The number of amides is 1. The van der Waals surface area contributed by atoms with Crippen LogP contribution < -0.4 is 5.32 Å². The van der Waals surface area contributed by atoms with Crippen molar-refractivity contribution in [2.45, 2.75) is 32.8 Å². The van der Waals surface area contributed by atoms with Crippen LogP contribution in [0.1, 0.15) is 26.7 Å². The summed E-state index contributed by atoms with van der Waals surface area (Å²) in [7, 11) is 1.48. The Morgan fingerprint density at radius 2 is 2.00 bits per heavy atom. The first-order valence-electron chi connectivity index (χ1n) is 5.46. The van der Waals surface area contributed by atoms with Gasteiger partial charge in [0, 0.05) is 20.1 Å². The Morgan fingerprint density at radius 3 is 2.47 bits per heavy atom. The normalized spacial score (nSPS) is 13.2. The van der Waals surface area contributed by atoms with Crippen LogP contribution >= 0.6 is 0 Å². The predicted octanol–water partition coefficient (Wildman–Crippen LogP) is 0.000900. The molecule has 6 heteroatoms. The minimum absolute atomic E-state index is 0.0806. The molecule has 0 saturated heterocycles. The van der Waals surface area contributed by atoms with Crippen LogP contribution in [0.25, 0.3) is 0 Å². The molecule has 0 aliphatic rings. The van der Waals surface area contributed by atoms with Gasteiger partial charge in [0.1, 0.15) is 0 Å². The molecular weight excluding hydrogens is 226 g/mol. The average Bonchev–Trinajstić information content (AvgIpc) is 2.16. The molecule has 0 saturated carbocycles. The first-order chi connectivity index (χ1) is 7.79. The summed E-state index contributed by atoms with van der Waals surface area (Å²) in [5.41, 5.74) is -1.07. The minimum Gasteiger partial charge on any atom is -0.481 e. The van der Waals surface area contributed by atoms with E-state index >= 15 is 0 Å². The van der Waals surface area contributed by atoms with Crippen molar-refractivity contribution in [1.29, 1.82) is 0 Å². The molecule has 100 valence electrons. The number of methoxy groups -OCH3 is 1. The van der Waals surface area contributed by atoms with E-state index in [1.54, 1.807) is 0 Å². The van der Waals surface area contributed by atoms with E-state index in [0.717, 1.165) is 0 Å². The van der Waals surface area contributed by atoms with Crippen LogP contribution in [0.15, 0.2) is 0 Å². The lowest BCUT2D eigenvalue weighted by atomic mass is 9.89. The van der Waals surface area contributed by atoms with E-state index in [4.69, 9.17) is 9.84 Å². The van der Waals surface area contributed by atoms with Crippen molar-refractivity contribution in [3.05, 3.63) is 0 Å². The summed E-state index contributed by atoms with van der Waals surface area (Å²) >= 11 is 0. The molecule has 0 heterocycles. The molecule has 0 bridgehead atoms. The molecule has 0 rings (SSSR count). The van der Waals surface area contributed by atoms with E-state index in [1.165, 1.54) is 21.0 Å². The van der Waals surface area contributed by atoms with E-state index in [1.807, 2.05) is 0 Å². The van der Waals surface area contributed by atoms with E-state index in [9.17, 15) is 14.7 Å². The van der Waals surface area contributed by atoms with Gasteiger partial charge >= 0.3 is 5.97 Å². The number of hydrogen-bond donors (Lipinski definition) is 3. The number of carbonyl (C=O) groups is 2. The Kier molecular flexibility index (Phi) is 6.75. The number of carbonyl (C=O) groups excluding carboxylic acids is 1. The van der Waals surface area contributed by atoms with Gasteiger partial charge in [0.15, 0.2) is 0 Å². The van der Waals surface area contributed by atoms with E-state index in [2.05, 4.69) is 5.32 Å². The monoisotopic (exact) mass is 247 g/mol. The summed E-state index contributed by atoms with van der Waals surface area (Å²) < 4.78 is 4.73. The second kappa shape index (κ2) is 7.24. The van der Waals surface area contributed by atoms with Gasteiger partial charge in [0.2, 0.25) is 5.91 Å². The zero-order valence-corrected chi connectivity index (χ0v) is 10.5. The maximum atomic E-state index is 11.4. The topological polar surface area (TPSA) is 95.9 Å². The van der Waals surface area contributed by atoms with E-state index < -0.39 is 17.5 Å². The second-order valence-corrected chi connectivity index (χ2v) is 4.61. The lowest BCUT2D eigenvalue weighted by Crippen LogP contribution is -2.35. The minimum atomic E-state index is -1.07. The molecule has 1 atom stereocenters. The number of carboxylic acid groups (broad SMARTS) is 1. The molecule has 1 amide bonds. The Morgan fingerprint density at radius 1 is 1.41 bits per heavy atom. The van der Waals surface area contributed by atoms with Crippen molar-refractivity contribution in [3.8, 4) is 0 Å². The van der Waals surface area contributed by atoms with Crippen molar-refractivity contribution in [1.82, 2.24) is 5.32 Å². The summed E-state index contributed by atoms with van der Waals surface area (Å²) in [5, 5.41) is 20.7. The molecule has 0 aliphatic carbocycles. The van der Waals surface area contributed by atoms with Gasteiger partial charge in [-0.05, 0) is 20.3 Å². The molecule has 3 N–H and O–H groups in total. The molecule has 0 aromatic rings. The lowest BCUT2D eigenvalue weighted by Gasteiger charge is -2.18. The van der Waals surface area contributed by atoms with E-state index in [0.29, 0.717) is 13.0 Å². The summed E-state index contributed by atoms with van der Waals surface area (Å²) in [4.78, 5) is 22.2. The summed E-state index contributed by atoms with van der Waals surface area (Å²) in [5.74, 6) is -1.34. The third-order valence-corrected chi connectivity index (χ3v) is 2.34. The number of aliphatic hydroxyl groups is 1. The highest BCUT2D eigenvalue weighted by Crippen LogP contribution is 2.19. The number of ether oxygens (including phenoxy) is 1. The fourth-order valence-corrected chi connectivity index (χ4v) is 1.19. The largest absolute Gasteiger partial charge is 0.481 e. The van der Waals surface area contributed by atoms with Gasteiger partial charge in [-0.3, -0.25) is 9.59 Å². The average molecular weight is 247 g/mol. The van der Waals surface area contributed by atoms with Gasteiger partial charge < -0.3 is 20.3 Å². The highest BCUT2D eigenvalue weighted by Gasteiger charge is 2.29. The zero-order valence-electron chi connectivity index (χ0n) is 10.5. The number of rotatable bonds is 8. The Hall–Kier alpha value is -1.14. The fraction of sp³-hybridized carbons (Fsp3) is 0.818. The molecule has 1 unspecified atom stereocenters. The van der Waals surface area contributed by atoms with Gasteiger partial charge in [-0.1, -0.05) is 0 Å². The summed E-state index contributed by atoms with van der Waals surface area (Å²) in [6, 6.07) is 0. The van der Waals surface area contributed by atoms with Crippen LogP contribution in [-0.4, -0.2) is 48.5 Å². The highest BCUT2D eigenvalue weighted by atomic mass is 16.5. The SMILES string of the molecule is COCC(O)CCNC(=O)CC(C)(C)C(=O)O. The first kappa shape index (κ1) is 15.9. The molecule has 0 aliphatic heterocycles. The molecule has 0 fully saturated rings. The number of hydrogen-bond acceptors (Lipinski definition) is 4. The Balaban J connectivity index is 3.85. The van der Waals surface area contributed by atoms with Crippen LogP contribution in [0.2, 0.25) is 0 Å². The third-order valence-electron chi connectivity index (χ3n) is 2.34. The first-order valence-corrected chi connectivity index (χ1v) is 5.46. The smallest absolute Gasteiger partial charge is 0.309 e. The summed E-state index contributed by atoms with van der Waals surface area (Å²) in [6.45, 7) is 3.51. The van der Waals surface area contributed by atoms with Gasteiger partial charge in [-0.25, -0.2) is 0 Å². The van der Waals surface area contributed by atoms with Crippen LogP contribution in [-0.2, 0) is 14.3 Å². The standard InChI is InChI=1S/C11H21NO5/c1-11(2,10(15)16)6-9(14)12-5-4-8(13)7-17-3/h8,13H,4-7H2,1-3H3,(H,12,14)(H,15,16). The molecule has 0 aromatic heterocycles. The Bertz CT molecular complexity index is 265. The maximum Gasteiger partial charge on any atom is 0.309 e. The predicted molar refractivity (Wildman–Crippen MR) is 61.5 cm³/mol. The molecule has 0 spiro atoms. The zero-order chi connectivity index (χ0) is 13.5. The fourth-order valence-electron chi connectivity index (χ4n) is 1.19. The summed E-state index contributed by atoms with van der Waals surface area (Å²) in [6.07, 6.45) is -0.316. The van der Waals surface area contributed by atoms with Gasteiger partial charge in [0.25, 0.3) is 0 Å². The van der Waals surface area contributed by atoms with Gasteiger partial charge in [-0.15, -0.1) is 0 Å². The number of carboxylic acids is 1. The number of aliphatic carboxylic acids is 1. The molecule has 0 radical (unpaired) electrons. The van der Waals surface area contributed by atoms with Crippen LogP contribution in [0.4, 0.5) is 0 Å². The van der Waals surface area contributed by atoms with Crippen LogP contribution in [0.3, 0.4) is 0 Å². The Labute approximate surface area is 101 Å². The molecule has 17 heavy (non-hydrogen) atoms. The van der Waals surface area contributed by atoms with Crippen LogP contribution in [0.5, 0.6) is 0 Å². The number of aliphatic hydroxyl groups excluding tert-OH is 1. The number of nitrogens with one attached hydrogen (secondary N) is 1. The second-order valence-electron chi connectivity index (χ2n) is 4.61. The van der Waals surface area contributed by atoms with E-state index in [-0.39, 0.29) is 18.9 Å². The maximum absolute atomic E-state index is 11.4. The van der Waals surface area contributed by atoms with Gasteiger partial charge in [-0.2, -0.15) is 0 Å². The molecule has 6 nitrogen and oxygen atoms in total. The van der Waals surface area contributed by atoms with Crippen LogP contribution in [0, 0.1) is 5.41 Å². The third kappa shape index (κ3) is 6.91. The van der Waals surface area contributed by atoms with Crippen molar-refractivity contribution >= 4 is 11.9 Å². The van der Waals surface area contributed by atoms with Crippen molar-refractivity contribution < 1.29 is 24.5 Å². The van der Waals surface area contributed by atoms with Gasteiger partial charge in [0.05, 0.1) is 18.1 Å². The van der Waals surface area contributed by atoms with Crippen molar-refractivity contribution in [2.24, 2.45) is 5.41 Å². The molecule has 0 aromatic carbocycles. The molecular formula is C11H21NO5. The highest BCUT2D eigenvalue weighted by molar-refractivity contribution is 5.84. The quantitative estimate of drug-likeness (QED) is 0.561. The van der Waals surface area contributed by atoms with Crippen molar-refractivity contribution in [2.75, 3.05) is 20.3 Å².